The molecule has 0 radical (unpaired) electrons. The molecule has 0 saturated carbocycles. The fourth-order valence-corrected chi connectivity index (χ4v) is 1.62. The minimum absolute atomic E-state index is 0.161. The van der Waals surface area contributed by atoms with Gasteiger partial charge in [0.05, 0.1) is 6.20 Å². The third kappa shape index (κ3) is 2.28. The van der Waals surface area contributed by atoms with Crippen LogP contribution in [0.15, 0.2) is 30.5 Å². The van der Waals surface area contributed by atoms with Crippen LogP contribution in [0.4, 0.5) is 11.5 Å². The highest BCUT2D eigenvalue weighted by Gasteiger charge is 2.10. The van der Waals surface area contributed by atoms with Gasteiger partial charge in [-0.3, -0.25) is 9.48 Å². The molecule has 5 heteroatoms. The Bertz CT molecular complexity index is 559. The van der Waals surface area contributed by atoms with E-state index < -0.39 is 0 Å². The standard InChI is InChI=1S/C12H14N4O/c1-8-7-9(13)3-4-10(8)12(17)15-11-5-6-14-16(11)2/h3-7H,13H2,1-2H3,(H,15,17). The lowest BCUT2D eigenvalue weighted by molar-refractivity contribution is 0.102. The van der Waals surface area contributed by atoms with E-state index in [0.29, 0.717) is 17.1 Å². The maximum absolute atomic E-state index is 12.0. The average molecular weight is 230 g/mol. The molecule has 3 N–H and O–H groups in total. The monoisotopic (exact) mass is 230 g/mol. The molecule has 2 aromatic rings. The van der Waals surface area contributed by atoms with Gasteiger partial charge in [-0.1, -0.05) is 0 Å². The average Bonchev–Trinajstić information content (AvgIpc) is 2.64. The lowest BCUT2D eigenvalue weighted by Gasteiger charge is -2.08. The largest absolute Gasteiger partial charge is 0.399 e. The number of carbonyl (C=O) groups is 1. The zero-order valence-corrected chi connectivity index (χ0v) is 9.77. The number of anilines is 2. The van der Waals surface area contributed by atoms with Gasteiger partial charge < -0.3 is 11.1 Å². The number of nitrogen functional groups attached to an aromatic ring is 1. The van der Waals surface area contributed by atoms with Gasteiger partial charge in [0.2, 0.25) is 0 Å². The zero-order chi connectivity index (χ0) is 12.4. The van der Waals surface area contributed by atoms with Gasteiger partial charge in [0, 0.05) is 24.4 Å². The van der Waals surface area contributed by atoms with Crippen molar-refractivity contribution >= 4 is 17.4 Å². The molecule has 0 unspecified atom stereocenters. The first-order valence-electron chi connectivity index (χ1n) is 5.23. The summed E-state index contributed by atoms with van der Waals surface area (Å²) in [5.41, 5.74) is 7.76. The molecule has 1 amide bonds. The molecule has 0 saturated heterocycles. The fourth-order valence-electron chi connectivity index (χ4n) is 1.62. The van der Waals surface area contributed by atoms with Crippen LogP contribution in [0.25, 0.3) is 0 Å². The molecular formula is C12H14N4O. The summed E-state index contributed by atoms with van der Waals surface area (Å²) in [6, 6.07) is 6.95. The van der Waals surface area contributed by atoms with Crippen LogP contribution in [0.2, 0.25) is 0 Å². The Morgan fingerprint density at radius 2 is 2.18 bits per heavy atom. The van der Waals surface area contributed by atoms with Crippen molar-refractivity contribution in [1.29, 1.82) is 0 Å². The number of aromatic nitrogens is 2. The van der Waals surface area contributed by atoms with Crippen molar-refractivity contribution in [2.75, 3.05) is 11.1 Å². The molecule has 1 aromatic carbocycles. The minimum atomic E-state index is -0.161. The smallest absolute Gasteiger partial charge is 0.257 e. The van der Waals surface area contributed by atoms with Crippen LogP contribution in [0, 0.1) is 6.92 Å². The third-order valence-corrected chi connectivity index (χ3v) is 2.56. The highest BCUT2D eigenvalue weighted by molar-refractivity contribution is 6.05. The van der Waals surface area contributed by atoms with Gasteiger partial charge in [-0.15, -0.1) is 0 Å². The molecule has 2 rings (SSSR count). The number of nitrogens with zero attached hydrogens (tertiary/aromatic N) is 2. The van der Waals surface area contributed by atoms with Gasteiger partial charge in [-0.25, -0.2) is 0 Å². The summed E-state index contributed by atoms with van der Waals surface area (Å²) in [4.78, 5) is 12.0. The fraction of sp³-hybridized carbons (Fsp3) is 0.167. The molecular weight excluding hydrogens is 216 g/mol. The maximum atomic E-state index is 12.0. The van der Waals surface area contributed by atoms with Crippen molar-refractivity contribution in [2.45, 2.75) is 6.92 Å². The first-order valence-corrected chi connectivity index (χ1v) is 5.23. The summed E-state index contributed by atoms with van der Waals surface area (Å²) in [5, 5.41) is 6.77. The number of aryl methyl sites for hydroxylation is 2. The number of nitrogens with one attached hydrogen (secondary N) is 1. The minimum Gasteiger partial charge on any atom is -0.399 e. The van der Waals surface area contributed by atoms with E-state index in [2.05, 4.69) is 10.4 Å². The SMILES string of the molecule is Cc1cc(N)ccc1C(=O)Nc1ccnn1C. The van der Waals surface area contributed by atoms with E-state index in [1.54, 1.807) is 42.2 Å². The van der Waals surface area contributed by atoms with Gasteiger partial charge in [-0.2, -0.15) is 5.10 Å². The normalized spacial score (nSPS) is 10.2. The van der Waals surface area contributed by atoms with E-state index >= 15 is 0 Å². The second-order valence-corrected chi connectivity index (χ2v) is 3.87. The first kappa shape index (κ1) is 11.2. The summed E-state index contributed by atoms with van der Waals surface area (Å²) < 4.78 is 1.60. The number of rotatable bonds is 2. The zero-order valence-electron chi connectivity index (χ0n) is 9.77. The number of carbonyl (C=O) groups excluding carboxylic acids is 1. The van der Waals surface area contributed by atoms with E-state index in [0.717, 1.165) is 5.56 Å². The number of nitrogens with two attached hydrogens (primary N) is 1. The molecule has 0 fully saturated rings. The van der Waals surface area contributed by atoms with Crippen molar-refractivity contribution in [1.82, 2.24) is 9.78 Å². The highest BCUT2D eigenvalue weighted by Crippen LogP contribution is 2.14. The molecule has 0 aliphatic rings. The third-order valence-electron chi connectivity index (χ3n) is 2.56. The molecule has 1 aromatic heterocycles. The summed E-state index contributed by atoms with van der Waals surface area (Å²) in [7, 11) is 1.77. The molecule has 0 aliphatic heterocycles. The van der Waals surface area contributed by atoms with Gasteiger partial charge >= 0.3 is 0 Å². The quantitative estimate of drug-likeness (QED) is 0.769. The number of hydrogen-bond acceptors (Lipinski definition) is 3. The molecule has 0 atom stereocenters. The summed E-state index contributed by atoms with van der Waals surface area (Å²) in [5.74, 6) is 0.498. The first-order chi connectivity index (χ1) is 8.08. The lowest BCUT2D eigenvalue weighted by atomic mass is 10.1. The molecule has 1 heterocycles. The topological polar surface area (TPSA) is 72.9 Å². The predicted octanol–water partition coefficient (Wildman–Crippen LogP) is 1.56. The second kappa shape index (κ2) is 4.29. The maximum Gasteiger partial charge on any atom is 0.257 e. The van der Waals surface area contributed by atoms with Crippen molar-refractivity contribution in [3.63, 3.8) is 0 Å². The van der Waals surface area contributed by atoms with E-state index in [4.69, 9.17) is 5.73 Å². The van der Waals surface area contributed by atoms with E-state index in [-0.39, 0.29) is 5.91 Å². The summed E-state index contributed by atoms with van der Waals surface area (Å²) in [6.45, 7) is 1.86. The van der Waals surface area contributed by atoms with Crippen molar-refractivity contribution in [3.05, 3.63) is 41.6 Å². The number of benzene rings is 1. The van der Waals surface area contributed by atoms with Crippen molar-refractivity contribution in [3.8, 4) is 0 Å². The Labute approximate surface area is 99.2 Å². The van der Waals surface area contributed by atoms with E-state index in [1.807, 2.05) is 6.92 Å². The van der Waals surface area contributed by atoms with Crippen LogP contribution in [0.1, 0.15) is 15.9 Å². The van der Waals surface area contributed by atoms with E-state index in [9.17, 15) is 4.79 Å². The second-order valence-electron chi connectivity index (χ2n) is 3.87. The van der Waals surface area contributed by atoms with Crippen LogP contribution < -0.4 is 11.1 Å². The Morgan fingerprint density at radius 3 is 2.76 bits per heavy atom. The van der Waals surface area contributed by atoms with Gasteiger partial charge in [0.1, 0.15) is 5.82 Å². The van der Waals surface area contributed by atoms with Crippen LogP contribution in [0.5, 0.6) is 0 Å². The van der Waals surface area contributed by atoms with Crippen LogP contribution in [-0.2, 0) is 7.05 Å². The Morgan fingerprint density at radius 1 is 1.41 bits per heavy atom. The van der Waals surface area contributed by atoms with Crippen molar-refractivity contribution < 1.29 is 4.79 Å². The Balaban J connectivity index is 2.23. The van der Waals surface area contributed by atoms with Crippen molar-refractivity contribution in [2.24, 2.45) is 7.05 Å². The van der Waals surface area contributed by atoms with Gasteiger partial charge in [0.15, 0.2) is 0 Å². The lowest BCUT2D eigenvalue weighted by Crippen LogP contribution is -2.15. The summed E-state index contributed by atoms with van der Waals surface area (Å²) in [6.07, 6.45) is 1.63. The molecule has 17 heavy (non-hydrogen) atoms. The Kier molecular flexibility index (Phi) is 2.82. The molecule has 0 aliphatic carbocycles. The highest BCUT2D eigenvalue weighted by atomic mass is 16.1. The van der Waals surface area contributed by atoms with Crippen LogP contribution in [-0.4, -0.2) is 15.7 Å². The molecule has 88 valence electrons. The number of hydrogen-bond donors (Lipinski definition) is 2. The predicted molar refractivity (Wildman–Crippen MR) is 66.8 cm³/mol. The van der Waals surface area contributed by atoms with Gasteiger partial charge in [-0.05, 0) is 30.7 Å². The van der Waals surface area contributed by atoms with E-state index in [1.165, 1.54) is 0 Å². The molecule has 0 spiro atoms. The molecule has 0 bridgehead atoms. The summed E-state index contributed by atoms with van der Waals surface area (Å²) >= 11 is 0. The van der Waals surface area contributed by atoms with Crippen LogP contribution in [0.3, 0.4) is 0 Å². The number of amides is 1. The van der Waals surface area contributed by atoms with Gasteiger partial charge in [0.25, 0.3) is 5.91 Å². The van der Waals surface area contributed by atoms with Crippen LogP contribution >= 0.6 is 0 Å². The Hall–Kier alpha value is -2.30. The molecule has 5 nitrogen and oxygen atoms in total.